The Kier molecular flexibility index (Phi) is 5.92. The van der Waals surface area contributed by atoms with E-state index >= 15 is 0 Å². The van der Waals surface area contributed by atoms with Crippen LogP contribution >= 0.6 is 0 Å². The average molecular weight is 468 g/mol. The molecule has 33 heavy (non-hydrogen) atoms. The lowest BCUT2D eigenvalue weighted by Crippen LogP contribution is -2.36. The Morgan fingerprint density at radius 2 is 1.70 bits per heavy atom. The van der Waals surface area contributed by atoms with Crippen molar-refractivity contribution < 1.29 is 13.2 Å². The van der Waals surface area contributed by atoms with Crippen LogP contribution in [0.3, 0.4) is 0 Å². The Morgan fingerprint density at radius 1 is 0.970 bits per heavy atom. The Morgan fingerprint density at radius 3 is 2.52 bits per heavy atom. The maximum atomic E-state index is 13.4. The standard InChI is InChI=1S/C24H29N5O3S/c1-17-16-18(22-23(25-17)29-15-9-2-4-12-21(29)27-22)24(30)26-19-10-5-6-11-20(19)33(31,32)28-13-7-3-8-14-28/h5-6,10-11,16H,2-4,7-9,12-15H2,1H3,(H,26,30). The van der Waals surface area contributed by atoms with Crippen LogP contribution in [0.4, 0.5) is 5.69 Å². The molecule has 1 amide bonds. The molecule has 2 aliphatic rings. The number of nitrogens with zero attached hydrogens (tertiary/aromatic N) is 4. The zero-order valence-electron chi connectivity index (χ0n) is 18.9. The molecule has 1 N–H and O–H groups in total. The molecular weight excluding hydrogens is 438 g/mol. The number of sulfonamides is 1. The van der Waals surface area contributed by atoms with Crippen LogP contribution in [0.5, 0.6) is 0 Å². The number of amides is 1. The van der Waals surface area contributed by atoms with Crippen LogP contribution in [-0.4, -0.2) is 46.3 Å². The fourth-order valence-electron chi connectivity index (χ4n) is 4.82. The van der Waals surface area contributed by atoms with Gasteiger partial charge in [-0.2, -0.15) is 4.31 Å². The molecule has 0 unspecified atom stereocenters. The Labute approximate surface area is 194 Å². The van der Waals surface area contributed by atoms with Gasteiger partial charge in [0.05, 0.1) is 11.3 Å². The van der Waals surface area contributed by atoms with Crippen molar-refractivity contribution in [3.63, 3.8) is 0 Å². The van der Waals surface area contributed by atoms with Crippen molar-refractivity contribution in [2.24, 2.45) is 0 Å². The van der Waals surface area contributed by atoms with E-state index in [0.29, 0.717) is 24.2 Å². The highest BCUT2D eigenvalue weighted by molar-refractivity contribution is 7.89. The van der Waals surface area contributed by atoms with Crippen LogP contribution in [0.15, 0.2) is 35.2 Å². The van der Waals surface area contributed by atoms with Gasteiger partial charge in [-0.25, -0.2) is 18.4 Å². The number of fused-ring (bicyclic) bond motifs is 3. The number of para-hydroxylation sites is 1. The van der Waals surface area contributed by atoms with Crippen LogP contribution in [0, 0.1) is 6.92 Å². The van der Waals surface area contributed by atoms with Gasteiger partial charge >= 0.3 is 0 Å². The van der Waals surface area contributed by atoms with Gasteiger partial charge < -0.3 is 9.88 Å². The fraction of sp³-hybridized carbons (Fsp3) is 0.458. The van der Waals surface area contributed by atoms with Gasteiger partial charge in [0.1, 0.15) is 16.2 Å². The molecule has 0 bridgehead atoms. The fourth-order valence-corrected chi connectivity index (χ4v) is 6.48. The molecule has 1 saturated heterocycles. The number of aromatic nitrogens is 3. The first-order valence-electron chi connectivity index (χ1n) is 11.7. The second-order valence-electron chi connectivity index (χ2n) is 8.89. The van der Waals surface area contributed by atoms with Crippen molar-refractivity contribution in [3.8, 4) is 0 Å². The van der Waals surface area contributed by atoms with Gasteiger partial charge in [-0.1, -0.05) is 25.0 Å². The molecule has 174 valence electrons. The van der Waals surface area contributed by atoms with Crippen LogP contribution in [0.25, 0.3) is 11.2 Å². The Hall–Kier alpha value is -2.78. The zero-order valence-corrected chi connectivity index (χ0v) is 19.7. The highest BCUT2D eigenvalue weighted by Crippen LogP contribution is 2.29. The number of piperidine rings is 1. The molecule has 0 radical (unpaired) electrons. The molecular formula is C24H29N5O3S. The number of anilines is 1. The Bertz CT molecular complexity index is 1310. The lowest BCUT2D eigenvalue weighted by molar-refractivity contribution is 0.102. The molecule has 3 aromatic rings. The molecule has 0 saturated carbocycles. The van der Waals surface area contributed by atoms with E-state index in [4.69, 9.17) is 4.98 Å². The SMILES string of the molecule is Cc1cc(C(=O)Nc2ccccc2S(=O)(=O)N2CCCCC2)c2nc3n(c2n1)CCCCC3. The van der Waals surface area contributed by atoms with E-state index < -0.39 is 10.0 Å². The maximum absolute atomic E-state index is 13.4. The largest absolute Gasteiger partial charge is 0.321 e. The van der Waals surface area contributed by atoms with E-state index in [9.17, 15) is 13.2 Å². The third kappa shape index (κ3) is 4.15. The summed E-state index contributed by atoms with van der Waals surface area (Å²) < 4.78 is 30.3. The minimum atomic E-state index is -3.69. The summed E-state index contributed by atoms with van der Waals surface area (Å²) in [6, 6.07) is 8.35. The minimum absolute atomic E-state index is 0.128. The summed E-state index contributed by atoms with van der Waals surface area (Å²) in [5, 5.41) is 2.86. The third-order valence-corrected chi connectivity index (χ3v) is 8.46. The number of hydrogen-bond acceptors (Lipinski definition) is 5. The van der Waals surface area contributed by atoms with Crippen molar-refractivity contribution in [1.29, 1.82) is 0 Å². The normalized spacial score (nSPS) is 17.5. The summed E-state index contributed by atoms with van der Waals surface area (Å²) in [5.74, 6) is 0.586. The van der Waals surface area contributed by atoms with E-state index in [1.807, 2.05) is 6.92 Å². The van der Waals surface area contributed by atoms with Crippen LogP contribution < -0.4 is 5.32 Å². The molecule has 5 rings (SSSR count). The highest BCUT2D eigenvalue weighted by atomic mass is 32.2. The van der Waals surface area contributed by atoms with E-state index in [0.717, 1.165) is 68.7 Å². The number of nitrogens with one attached hydrogen (secondary N) is 1. The van der Waals surface area contributed by atoms with E-state index in [2.05, 4.69) is 14.9 Å². The van der Waals surface area contributed by atoms with E-state index in [1.54, 1.807) is 30.3 Å². The number of carbonyl (C=O) groups excluding carboxylic acids is 1. The molecule has 8 nitrogen and oxygen atoms in total. The number of aryl methyl sites for hydroxylation is 3. The summed E-state index contributed by atoms with van der Waals surface area (Å²) >= 11 is 0. The smallest absolute Gasteiger partial charge is 0.258 e. The van der Waals surface area contributed by atoms with Crippen LogP contribution in [0.1, 0.15) is 60.4 Å². The molecule has 0 spiro atoms. The van der Waals surface area contributed by atoms with Gasteiger partial charge in [0.2, 0.25) is 10.0 Å². The highest BCUT2D eigenvalue weighted by Gasteiger charge is 2.29. The number of imidazole rings is 1. The molecule has 2 aromatic heterocycles. The second-order valence-corrected chi connectivity index (χ2v) is 10.8. The van der Waals surface area contributed by atoms with Crippen LogP contribution in [-0.2, 0) is 23.0 Å². The molecule has 2 aliphatic heterocycles. The van der Waals surface area contributed by atoms with Crippen molar-refractivity contribution in [2.45, 2.75) is 63.3 Å². The van der Waals surface area contributed by atoms with Crippen molar-refractivity contribution >= 4 is 32.8 Å². The van der Waals surface area contributed by atoms with Crippen molar-refractivity contribution in [1.82, 2.24) is 18.8 Å². The molecule has 4 heterocycles. The number of carbonyl (C=O) groups is 1. The average Bonchev–Trinajstić information content (AvgIpc) is 3.00. The monoisotopic (exact) mass is 467 g/mol. The summed E-state index contributed by atoms with van der Waals surface area (Å²) in [7, 11) is -3.69. The lowest BCUT2D eigenvalue weighted by Gasteiger charge is -2.26. The van der Waals surface area contributed by atoms with E-state index in [-0.39, 0.29) is 16.5 Å². The summed E-state index contributed by atoms with van der Waals surface area (Å²) in [4.78, 5) is 23.0. The number of rotatable bonds is 4. The summed E-state index contributed by atoms with van der Waals surface area (Å²) in [6.45, 7) is 3.73. The van der Waals surface area contributed by atoms with E-state index in [1.165, 1.54) is 4.31 Å². The molecule has 1 fully saturated rings. The number of hydrogen-bond donors (Lipinski definition) is 1. The predicted molar refractivity (Wildman–Crippen MR) is 127 cm³/mol. The number of benzene rings is 1. The number of pyridine rings is 1. The van der Waals surface area contributed by atoms with Crippen molar-refractivity contribution in [2.75, 3.05) is 18.4 Å². The molecule has 0 atom stereocenters. The maximum Gasteiger partial charge on any atom is 0.258 e. The lowest BCUT2D eigenvalue weighted by atomic mass is 10.1. The van der Waals surface area contributed by atoms with Crippen LogP contribution in [0.2, 0.25) is 0 Å². The van der Waals surface area contributed by atoms with Gasteiger partial charge in [0.25, 0.3) is 5.91 Å². The second kappa shape index (κ2) is 8.87. The van der Waals surface area contributed by atoms with Gasteiger partial charge in [0, 0.05) is 31.7 Å². The zero-order chi connectivity index (χ0) is 23.0. The van der Waals surface area contributed by atoms with Gasteiger partial charge in [0.15, 0.2) is 5.65 Å². The first-order chi connectivity index (χ1) is 15.9. The first kappa shape index (κ1) is 22.0. The molecule has 1 aromatic carbocycles. The van der Waals surface area contributed by atoms with Gasteiger partial charge in [-0.3, -0.25) is 4.79 Å². The minimum Gasteiger partial charge on any atom is -0.321 e. The third-order valence-electron chi connectivity index (χ3n) is 6.51. The summed E-state index contributed by atoms with van der Waals surface area (Å²) in [5.41, 5.74) is 2.74. The quantitative estimate of drug-likeness (QED) is 0.628. The first-order valence-corrected chi connectivity index (χ1v) is 13.2. The summed E-state index contributed by atoms with van der Waals surface area (Å²) in [6.07, 6.45) is 6.92. The van der Waals surface area contributed by atoms with Gasteiger partial charge in [-0.05, 0) is 50.8 Å². The van der Waals surface area contributed by atoms with Gasteiger partial charge in [-0.15, -0.1) is 0 Å². The molecule has 0 aliphatic carbocycles. The topological polar surface area (TPSA) is 97.2 Å². The predicted octanol–water partition coefficient (Wildman–Crippen LogP) is 3.89. The Balaban J connectivity index is 1.51. The van der Waals surface area contributed by atoms with Crippen molar-refractivity contribution in [3.05, 3.63) is 47.4 Å². The molecule has 9 heteroatoms.